The summed E-state index contributed by atoms with van der Waals surface area (Å²) in [5.74, 6) is -2.15. The van der Waals surface area contributed by atoms with Crippen molar-refractivity contribution in [3.05, 3.63) is 28.8 Å². The highest BCUT2D eigenvalue weighted by Crippen LogP contribution is 2.23. The smallest absolute Gasteiger partial charge is 0.318 e. The normalized spacial score (nSPS) is 11.0. The van der Waals surface area contributed by atoms with Gasteiger partial charge in [-0.25, -0.2) is 0 Å². The van der Waals surface area contributed by atoms with Gasteiger partial charge in [0.25, 0.3) is 0 Å². The number of amides is 1. The van der Waals surface area contributed by atoms with Gasteiger partial charge in [-0.05, 0) is 18.2 Å². The van der Waals surface area contributed by atoms with Gasteiger partial charge in [-0.1, -0.05) is 11.6 Å². The second kappa shape index (κ2) is 4.52. The first-order chi connectivity index (χ1) is 7.34. The highest BCUT2D eigenvalue weighted by molar-refractivity contribution is 6.31. The van der Waals surface area contributed by atoms with E-state index in [1.807, 2.05) is 0 Å². The van der Waals surface area contributed by atoms with Crippen molar-refractivity contribution in [2.45, 2.75) is 6.18 Å². The maximum atomic E-state index is 11.9. The number of halogens is 4. The Labute approximate surface area is 93.2 Å². The van der Waals surface area contributed by atoms with Gasteiger partial charge in [-0.3, -0.25) is 9.59 Å². The first-order valence-electron chi connectivity index (χ1n) is 3.97. The van der Waals surface area contributed by atoms with Crippen LogP contribution in [0.15, 0.2) is 18.2 Å². The molecule has 0 aliphatic heterocycles. The van der Waals surface area contributed by atoms with Gasteiger partial charge in [0.15, 0.2) is 6.29 Å². The molecule has 0 heterocycles. The molecule has 0 bridgehead atoms. The molecule has 0 aliphatic carbocycles. The van der Waals surface area contributed by atoms with Crippen LogP contribution in [-0.2, 0) is 4.79 Å². The number of benzene rings is 1. The number of hydrogen-bond donors (Lipinski definition) is 1. The summed E-state index contributed by atoms with van der Waals surface area (Å²) >= 11 is 5.52. The lowest BCUT2D eigenvalue weighted by atomic mass is 10.2. The van der Waals surface area contributed by atoms with Crippen molar-refractivity contribution < 1.29 is 22.8 Å². The van der Waals surface area contributed by atoms with E-state index in [2.05, 4.69) is 0 Å². The highest BCUT2D eigenvalue weighted by atomic mass is 35.5. The lowest BCUT2D eigenvalue weighted by Gasteiger charge is -2.09. The molecule has 0 unspecified atom stereocenters. The number of carbonyl (C=O) groups is 2. The van der Waals surface area contributed by atoms with Crippen LogP contribution in [0.4, 0.5) is 18.9 Å². The van der Waals surface area contributed by atoms with Crippen LogP contribution in [-0.4, -0.2) is 18.4 Å². The molecule has 1 aromatic carbocycles. The van der Waals surface area contributed by atoms with Crippen molar-refractivity contribution in [3.63, 3.8) is 0 Å². The molecule has 0 fully saturated rings. The Morgan fingerprint density at radius 1 is 1.38 bits per heavy atom. The van der Waals surface area contributed by atoms with Gasteiger partial charge in [0.05, 0.1) is 5.69 Å². The third-order valence-electron chi connectivity index (χ3n) is 1.65. The maximum Gasteiger partial charge on any atom is 0.471 e. The molecule has 1 N–H and O–H groups in total. The van der Waals surface area contributed by atoms with E-state index in [1.165, 1.54) is 12.1 Å². The number of aldehydes is 1. The second-order valence-electron chi connectivity index (χ2n) is 2.80. The number of rotatable bonds is 2. The third kappa shape index (κ3) is 2.96. The average molecular weight is 252 g/mol. The molecule has 0 aliphatic rings. The van der Waals surface area contributed by atoms with Crippen LogP contribution in [0.2, 0.25) is 5.02 Å². The summed E-state index contributed by atoms with van der Waals surface area (Å²) < 4.78 is 35.8. The predicted molar refractivity (Wildman–Crippen MR) is 51.5 cm³/mol. The van der Waals surface area contributed by atoms with Crippen molar-refractivity contribution in [1.29, 1.82) is 0 Å². The zero-order valence-corrected chi connectivity index (χ0v) is 8.39. The van der Waals surface area contributed by atoms with E-state index in [-0.39, 0.29) is 16.3 Å². The summed E-state index contributed by atoms with van der Waals surface area (Å²) in [6, 6.07) is 3.60. The van der Waals surface area contributed by atoms with Crippen LogP contribution in [0.3, 0.4) is 0 Å². The van der Waals surface area contributed by atoms with Gasteiger partial charge < -0.3 is 5.32 Å². The van der Waals surface area contributed by atoms with Crippen LogP contribution < -0.4 is 5.32 Å². The van der Waals surface area contributed by atoms with Crippen LogP contribution in [0.1, 0.15) is 10.4 Å². The van der Waals surface area contributed by atoms with Crippen LogP contribution in [0.25, 0.3) is 0 Å². The Balaban J connectivity index is 3.00. The van der Waals surface area contributed by atoms with Gasteiger partial charge >= 0.3 is 12.1 Å². The van der Waals surface area contributed by atoms with E-state index in [4.69, 9.17) is 11.6 Å². The Hall–Kier alpha value is -1.56. The van der Waals surface area contributed by atoms with E-state index in [0.717, 1.165) is 6.07 Å². The van der Waals surface area contributed by atoms with Crippen molar-refractivity contribution in [1.82, 2.24) is 0 Å². The summed E-state index contributed by atoms with van der Waals surface area (Å²) in [4.78, 5) is 21.1. The molecule has 1 amide bonds. The van der Waals surface area contributed by atoms with Gasteiger partial charge in [0, 0.05) is 10.6 Å². The second-order valence-corrected chi connectivity index (χ2v) is 3.24. The number of anilines is 1. The molecule has 0 spiro atoms. The summed E-state index contributed by atoms with van der Waals surface area (Å²) in [6.45, 7) is 0. The largest absolute Gasteiger partial charge is 0.471 e. The molecule has 7 heteroatoms. The molecule has 86 valence electrons. The van der Waals surface area contributed by atoms with E-state index < -0.39 is 12.1 Å². The SMILES string of the molecule is O=Cc1ccc(Cl)cc1NC(=O)C(F)(F)F. The molecule has 1 aromatic rings. The topological polar surface area (TPSA) is 46.2 Å². The Morgan fingerprint density at radius 3 is 2.50 bits per heavy atom. The Bertz CT molecular complexity index is 431. The zero-order chi connectivity index (χ0) is 12.3. The third-order valence-corrected chi connectivity index (χ3v) is 1.88. The number of carbonyl (C=O) groups excluding carboxylic acids is 2. The van der Waals surface area contributed by atoms with E-state index in [1.54, 1.807) is 5.32 Å². The van der Waals surface area contributed by atoms with Crippen molar-refractivity contribution in [2.24, 2.45) is 0 Å². The quantitative estimate of drug-likeness (QED) is 0.822. The monoisotopic (exact) mass is 251 g/mol. The lowest BCUT2D eigenvalue weighted by molar-refractivity contribution is -0.167. The minimum absolute atomic E-state index is 0.0815. The van der Waals surface area contributed by atoms with Crippen LogP contribution >= 0.6 is 11.6 Å². The minimum atomic E-state index is -5.01. The molecule has 0 saturated heterocycles. The fourth-order valence-electron chi connectivity index (χ4n) is 0.933. The molecule has 16 heavy (non-hydrogen) atoms. The maximum absolute atomic E-state index is 11.9. The van der Waals surface area contributed by atoms with Crippen molar-refractivity contribution in [3.8, 4) is 0 Å². The van der Waals surface area contributed by atoms with Crippen molar-refractivity contribution >= 4 is 29.5 Å². The van der Waals surface area contributed by atoms with Crippen LogP contribution in [0, 0.1) is 0 Å². The van der Waals surface area contributed by atoms with Gasteiger partial charge in [-0.2, -0.15) is 13.2 Å². The number of hydrogen-bond acceptors (Lipinski definition) is 2. The van der Waals surface area contributed by atoms with E-state index in [0.29, 0.717) is 6.29 Å². The Morgan fingerprint density at radius 2 is 2.00 bits per heavy atom. The summed E-state index contributed by atoms with van der Waals surface area (Å²) in [7, 11) is 0. The molecule has 0 saturated carbocycles. The molecular weight excluding hydrogens is 247 g/mol. The zero-order valence-electron chi connectivity index (χ0n) is 7.64. The number of nitrogens with one attached hydrogen (secondary N) is 1. The average Bonchev–Trinajstić information content (AvgIpc) is 2.16. The highest BCUT2D eigenvalue weighted by Gasteiger charge is 2.38. The standard InChI is InChI=1S/C9H5ClF3NO2/c10-6-2-1-5(4-15)7(3-6)14-8(16)9(11,12)13/h1-4H,(H,14,16). The molecule has 3 nitrogen and oxygen atoms in total. The summed E-state index contributed by atoms with van der Waals surface area (Å²) in [5.41, 5.74) is -0.355. The molecule has 0 aromatic heterocycles. The molecule has 1 rings (SSSR count). The van der Waals surface area contributed by atoms with E-state index >= 15 is 0 Å². The van der Waals surface area contributed by atoms with Gasteiger partial charge in [-0.15, -0.1) is 0 Å². The molecular formula is C9H5ClF3NO2. The van der Waals surface area contributed by atoms with Gasteiger partial charge in [0.1, 0.15) is 0 Å². The lowest BCUT2D eigenvalue weighted by Crippen LogP contribution is -2.30. The fourth-order valence-corrected chi connectivity index (χ4v) is 1.10. The summed E-state index contributed by atoms with van der Waals surface area (Å²) in [6.07, 6.45) is -4.69. The van der Waals surface area contributed by atoms with Gasteiger partial charge in [0.2, 0.25) is 0 Å². The van der Waals surface area contributed by atoms with Crippen LogP contribution in [0.5, 0.6) is 0 Å². The minimum Gasteiger partial charge on any atom is -0.318 e. The van der Waals surface area contributed by atoms with Crippen molar-refractivity contribution in [2.75, 3.05) is 5.32 Å². The molecule has 0 radical (unpaired) electrons. The first-order valence-corrected chi connectivity index (χ1v) is 4.35. The number of alkyl halides is 3. The predicted octanol–water partition coefficient (Wildman–Crippen LogP) is 2.65. The first kappa shape index (κ1) is 12.5. The fraction of sp³-hybridized carbons (Fsp3) is 0.111. The summed E-state index contributed by atoms with van der Waals surface area (Å²) in [5, 5.41) is 1.68. The Kier molecular flexibility index (Phi) is 3.54. The molecule has 0 atom stereocenters. The van der Waals surface area contributed by atoms with E-state index in [9.17, 15) is 22.8 Å².